The Morgan fingerprint density at radius 1 is 1.30 bits per heavy atom. The smallest absolute Gasteiger partial charge is 0.181 e. The zero-order valence-electron chi connectivity index (χ0n) is 4.93. The Kier molecular flexibility index (Phi) is 1.86. The van der Waals surface area contributed by atoms with Crippen LogP contribution in [0.4, 0.5) is 0 Å². The van der Waals surface area contributed by atoms with Gasteiger partial charge in [0.15, 0.2) is 23.1 Å². The summed E-state index contributed by atoms with van der Waals surface area (Å²) in [6.07, 6.45) is 2.28. The topological polar surface area (TPSA) is 61.1 Å². The van der Waals surface area contributed by atoms with Gasteiger partial charge in [-0.2, -0.15) is 4.73 Å². The molecule has 10 heavy (non-hydrogen) atoms. The summed E-state index contributed by atoms with van der Waals surface area (Å²) in [6, 6.07) is 2.50. The van der Waals surface area contributed by atoms with E-state index in [1.165, 1.54) is 12.1 Å². The normalized spacial score (nSPS) is 10.1. The third-order valence-electron chi connectivity index (χ3n) is 0.995. The standard InChI is InChI=1S/C5H5NO3S/c7-6-3-1-5(2-4-6)10(8)9/h1-4,10H. The average Bonchev–Trinajstić information content (AvgIpc) is 1.88. The van der Waals surface area contributed by atoms with Crippen LogP contribution in [0.5, 0.6) is 0 Å². The van der Waals surface area contributed by atoms with Crippen molar-refractivity contribution >= 4 is 10.7 Å². The van der Waals surface area contributed by atoms with Gasteiger partial charge in [0.2, 0.25) is 0 Å². The van der Waals surface area contributed by atoms with E-state index < -0.39 is 10.7 Å². The van der Waals surface area contributed by atoms with Crippen LogP contribution in [-0.2, 0) is 10.7 Å². The molecule has 0 aliphatic carbocycles. The second-order valence-corrected chi connectivity index (χ2v) is 2.70. The number of aromatic nitrogens is 1. The quantitative estimate of drug-likeness (QED) is 0.334. The summed E-state index contributed by atoms with van der Waals surface area (Å²) in [6.45, 7) is 0. The van der Waals surface area contributed by atoms with Crippen molar-refractivity contribution in [1.29, 1.82) is 0 Å². The first-order valence-electron chi connectivity index (χ1n) is 2.53. The summed E-state index contributed by atoms with van der Waals surface area (Å²) >= 11 is 0. The molecular formula is C5H5NO3S. The summed E-state index contributed by atoms with van der Waals surface area (Å²) in [5, 5.41) is 10.4. The lowest BCUT2D eigenvalue weighted by atomic mass is 10.5. The van der Waals surface area contributed by atoms with Crippen molar-refractivity contribution < 1.29 is 13.1 Å². The van der Waals surface area contributed by atoms with Gasteiger partial charge < -0.3 is 5.21 Å². The van der Waals surface area contributed by atoms with Crippen LogP contribution in [-0.4, -0.2) is 8.42 Å². The summed E-state index contributed by atoms with van der Waals surface area (Å²) in [5.41, 5.74) is 0. The van der Waals surface area contributed by atoms with E-state index in [1.807, 2.05) is 0 Å². The Labute approximate surface area is 59.3 Å². The second kappa shape index (κ2) is 2.66. The molecule has 0 fully saturated rings. The van der Waals surface area contributed by atoms with Crippen LogP contribution in [0, 0.1) is 5.21 Å². The van der Waals surface area contributed by atoms with Crippen molar-refractivity contribution in [2.45, 2.75) is 4.90 Å². The minimum atomic E-state index is -2.56. The first-order valence-corrected chi connectivity index (χ1v) is 3.71. The molecule has 0 amide bonds. The highest BCUT2D eigenvalue weighted by atomic mass is 32.2. The zero-order valence-corrected chi connectivity index (χ0v) is 5.82. The highest BCUT2D eigenvalue weighted by Gasteiger charge is 1.94. The van der Waals surface area contributed by atoms with Gasteiger partial charge in [0.05, 0.1) is 4.90 Å². The van der Waals surface area contributed by atoms with Gasteiger partial charge in [-0.05, 0) is 0 Å². The van der Waals surface area contributed by atoms with Crippen molar-refractivity contribution in [3.05, 3.63) is 29.7 Å². The van der Waals surface area contributed by atoms with E-state index in [1.54, 1.807) is 0 Å². The number of pyridine rings is 1. The molecule has 4 nitrogen and oxygen atoms in total. The van der Waals surface area contributed by atoms with Gasteiger partial charge in [-0.1, -0.05) is 0 Å². The van der Waals surface area contributed by atoms with E-state index in [4.69, 9.17) is 0 Å². The van der Waals surface area contributed by atoms with Crippen LogP contribution >= 0.6 is 0 Å². The number of nitrogens with zero attached hydrogens (tertiary/aromatic N) is 1. The van der Waals surface area contributed by atoms with Crippen molar-refractivity contribution in [1.82, 2.24) is 0 Å². The van der Waals surface area contributed by atoms with Crippen LogP contribution < -0.4 is 4.73 Å². The van der Waals surface area contributed by atoms with E-state index in [9.17, 15) is 13.6 Å². The van der Waals surface area contributed by atoms with E-state index in [0.29, 0.717) is 4.73 Å². The van der Waals surface area contributed by atoms with Crippen molar-refractivity contribution in [3.8, 4) is 0 Å². The van der Waals surface area contributed by atoms with Gasteiger partial charge in [-0.25, -0.2) is 8.42 Å². The first-order chi connectivity index (χ1) is 4.70. The van der Waals surface area contributed by atoms with E-state index in [0.717, 1.165) is 12.4 Å². The van der Waals surface area contributed by atoms with Crippen molar-refractivity contribution in [2.24, 2.45) is 0 Å². The molecule has 54 valence electrons. The number of thiol groups is 1. The highest BCUT2D eigenvalue weighted by Crippen LogP contribution is 1.94. The predicted molar refractivity (Wildman–Crippen MR) is 34.0 cm³/mol. The van der Waals surface area contributed by atoms with Crippen LogP contribution in [0.2, 0.25) is 0 Å². The molecule has 1 aromatic heterocycles. The van der Waals surface area contributed by atoms with Crippen molar-refractivity contribution in [2.75, 3.05) is 0 Å². The number of hydrogen-bond acceptors (Lipinski definition) is 3. The molecule has 0 atom stereocenters. The van der Waals surface area contributed by atoms with Crippen LogP contribution in [0.1, 0.15) is 0 Å². The summed E-state index contributed by atoms with van der Waals surface area (Å²) < 4.78 is 21.0. The Bertz CT molecular complexity index is 282. The van der Waals surface area contributed by atoms with Gasteiger partial charge in [0.1, 0.15) is 0 Å². The third kappa shape index (κ3) is 1.44. The van der Waals surface area contributed by atoms with Crippen LogP contribution in [0.15, 0.2) is 29.4 Å². The Morgan fingerprint density at radius 2 is 1.80 bits per heavy atom. The fourth-order valence-corrected chi connectivity index (χ4v) is 0.903. The minimum Gasteiger partial charge on any atom is -0.619 e. The fourth-order valence-electron chi connectivity index (χ4n) is 0.527. The van der Waals surface area contributed by atoms with Gasteiger partial charge >= 0.3 is 0 Å². The molecule has 1 rings (SSSR count). The van der Waals surface area contributed by atoms with Crippen LogP contribution in [0.25, 0.3) is 0 Å². The lowest BCUT2D eigenvalue weighted by Gasteiger charge is -1.91. The maximum Gasteiger partial charge on any atom is 0.181 e. The maximum absolute atomic E-state index is 10.4. The lowest BCUT2D eigenvalue weighted by molar-refractivity contribution is -0.605. The largest absolute Gasteiger partial charge is 0.619 e. The number of rotatable bonds is 1. The zero-order chi connectivity index (χ0) is 7.56. The van der Waals surface area contributed by atoms with Crippen LogP contribution in [0.3, 0.4) is 0 Å². The molecule has 0 saturated carbocycles. The molecule has 0 unspecified atom stereocenters. The molecule has 1 aromatic rings. The molecule has 0 aliphatic heterocycles. The Morgan fingerprint density at radius 3 is 2.20 bits per heavy atom. The Balaban J connectivity index is 3.12. The van der Waals surface area contributed by atoms with Gasteiger partial charge in [0, 0.05) is 12.1 Å². The SMILES string of the molecule is O=[SH](=O)c1cc[n+]([O-])cc1. The minimum absolute atomic E-state index is 0.155. The fraction of sp³-hybridized carbons (Fsp3) is 0. The molecule has 0 bridgehead atoms. The average molecular weight is 159 g/mol. The maximum atomic E-state index is 10.4. The third-order valence-corrected chi connectivity index (χ3v) is 1.72. The highest BCUT2D eigenvalue weighted by molar-refractivity contribution is 7.72. The van der Waals surface area contributed by atoms with E-state index in [2.05, 4.69) is 0 Å². The summed E-state index contributed by atoms with van der Waals surface area (Å²) in [5.74, 6) is 0. The number of hydrogen-bond donors (Lipinski definition) is 1. The molecule has 0 N–H and O–H groups in total. The molecule has 5 heteroatoms. The lowest BCUT2D eigenvalue weighted by Crippen LogP contribution is -2.23. The second-order valence-electron chi connectivity index (χ2n) is 1.67. The van der Waals surface area contributed by atoms with Gasteiger partial charge in [-0.3, -0.25) is 0 Å². The van der Waals surface area contributed by atoms with Gasteiger partial charge in [0.25, 0.3) is 0 Å². The van der Waals surface area contributed by atoms with E-state index in [-0.39, 0.29) is 4.90 Å². The van der Waals surface area contributed by atoms with Crippen molar-refractivity contribution in [3.63, 3.8) is 0 Å². The predicted octanol–water partition coefficient (Wildman–Crippen LogP) is -0.710. The molecule has 0 radical (unpaired) electrons. The molecule has 0 saturated heterocycles. The Hall–Kier alpha value is -1.10. The molecule has 0 spiro atoms. The molecule has 1 heterocycles. The molecule has 0 aromatic carbocycles. The summed E-state index contributed by atoms with van der Waals surface area (Å²) in [7, 11) is -2.56. The van der Waals surface area contributed by atoms with Gasteiger partial charge in [-0.15, -0.1) is 0 Å². The molecule has 0 aliphatic rings. The molecular weight excluding hydrogens is 154 g/mol. The summed E-state index contributed by atoms with van der Waals surface area (Å²) in [4.78, 5) is 0.155. The first kappa shape index (κ1) is 7.01. The van der Waals surface area contributed by atoms with E-state index >= 15 is 0 Å². The monoisotopic (exact) mass is 159 g/mol.